The molecule has 0 radical (unpaired) electrons. The van der Waals surface area contributed by atoms with E-state index >= 15 is 0 Å². The molecular weight excluding hydrogens is 264 g/mol. The van der Waals surface area contributed by atoms with E-state index in [-0.39, 0.29) is 11.7 Å². The third-order valence-corrected chi connectivity index (χ3v) is 3.34. The number of phenolic OH excluding ortho intramolecular Hbond substituents is 1. The number of carbonyl (C=O) groups excluding carboxylic acids is 1. The summed E-state index contributed by atoms with van der Waals surface area (Å²) in [7, 11) is 0. The summed E-state index contributed by atoms with van der Waals surface area (Å²) in [5, 5.41) is 12.7. The van der Waals surface area contributed by atoms with Gasteiger partial charge in [0.05, 0.1) is 11.7 Å². The first-order valence-electron chi connectivity index (χ1n) is 6.88. The maximum Gasteiger partial charge on any atom is 0.241 e. The second-order valence-corrected chi connectivity index (χ2v) is 5.26. The number of amides is 1. The van der Waals surface area contributed by atoms with Crippen LogP contribution in [0.15, 0.2) is 42.5 Å². The van der Waals surface area contributed by atoms with Gasteiger partial charge in [0.1, 0.15) is 5.75 Å². The van der Waals surface area contributed by atoms with Crippen molar-refractivity contribution in [3.05, 3.63) is 59.2 Å². The minimum Gasteiger partial charge on any atom is -0.505 e. The Morgan fingerprint density at radius 3 is 2.57 bits per heavy atom. The number of nitrogens with one attached hydrogen (secondary N) is 1. The lowest BCUT2D eigenvalue weighted by molar-refractivity contribution is -0.117. The Kier molecular flexibility index (Phi) is 4.60. The molecule has 1 amide bonds. The van der Waals surface area contributed by atoms with Gasteiger partial charge in [-0.05, 0) is 43.0 Å². The first-order chi connectivity index (χ1) is 9.97. The first kappa shape index (κ1) is 15.1. The van der Waals surface area contributed by atoms with Crippen LogP contribution in [0.1, 0.15) is 16.7 Å². The number of aromatic hydroxyl groups is 1. The third kappa shape index (κ3) is 3.83. The molecule has 1 atom stereocenters. The van der Waals surface area contributed by atoms with Crippen molar-refractivity contribution in [2.24, 2.45) is 5.73 Å². The van der Waals surface area contributed by atoms with Crippen LogP contribution in [0.5, 0.6) is 5.75 Å². The number of hydrogen-bond donors (Lipinski definition) is 3. The van der Waals surface area contributed by atoms with Crippen LogP contribution < -0.4 is 11.1 Å². The summed E-state index contributed by atoms with van der Waals surface area (Å²) in [4.78, 5) is 12.1. The van der Waals surface area contributed by atoms with Gasteiger partial charge in [0, 0.05) is 0 Å². The van der Waals surface area contributed by atoms with Crippen molar-refractivity contribution < 1.29 is 9.90 Å². The van der Waals surface area contributed by atoms with Gasteiger partial charge < -0.3 is 16.2 Å². The topological polar surface area (TPSA) is 75.3 Å². The van der Waals surface area contributed by atoms with E-state index in [1.54, 1.807) is 13.0 Å². The van der Waals surface area contributed by atoms with Gasteiger partial charge in [-0.3, -0.25) is 4.79 Å². The normalized spacial score (nSPS) is 12.0. The second kappa shape index (κ2) is 6.41. The zero-order valence-corrected chi connectivity index (χ0v) is 12.3. The Morgan fingerprint density at radius 2 is 1.90 bits per heavy atom. The predicted octanol–water partition coefficient (Wildman–Crippen LogP) is 2.52. The zero-order chi connectivity index (χ0) is 15.4. The van der Waals surface area contributed by atoms with E-state index in [2.05, 4.69) is 5.32 Å². The van der Waals surface area contributed by atoms with Gasteiger partial charge in [-0.15, -0.1) is 0 Å². The first-order valence-corrected chi connectivity index (χ1v) is 6.88. The molecular formula is C17H20N2O2. The number of phenols is 1. The van der Waals surface area contributed by atoms with E-state index < -0.39 is 6.04 Å². The molecule has 0 aliphatic rings. The molecule has 4 nitrogen and oxygen atoms in total. The molecule has 110 valence electrons. The fraction of sp³-hybridized carbons (Fsp3) is 0.235. The summed E-state index contributed by atoms with van der Waals surface area (Å²) in [5.74, 6) is -0.222. The van der Waals surface area contributed by atoms with E-state index in [0.29, 0.717) is 12.1 Å². The van der Waals surface area contributed by atoms with Gasteiger partial charge in [-0.25, -0.2) is 0 Å². The minimum atomic E-state index is -0.660. The summed E-state index contributed by atoms with van der Waals surface area (Å²) < 4.78 is 0. The minimum absolute atomic E-state index is 0.0841. The number of nitrogens with two attached hydrogens (primary N) is 1. The van der Waals surface area contributed by atoms with Crippen molar-refractivity contribution in [3.63, 3.8) is 0 Å². The van der Waals surface area contributed by atoms with Crippen molar-refractivity contribution >= 4 is 11.6 Å². The predicted molar refractivity (Wildman–Crippen MR) is 84.3 cm³/mol. The SMILES string of the molecule is Cc1cc(C)c(O)c(NC(=O)C(N)Cc2ccccc2)c1. The van der Waals surface area contributed by atoms with Gasteiger partial charge >= 0.3 is 0 Å². The Morgan fingerprint density at radius 1 is 1.24 bits per heavy atom. The summed E-state index contributed by atoms with van der Waals surface area (Å²) >= 11 is 0. The lowest BCUT2D eigenvalue weighted by Crippen LogP contribution is -2.37. The van der Waals surface area contributed by atoms with Crippen LogP contribution in [0, 0.1) is 13.8 Å². The van der Waals surface area contributed by atoms with Gasteiger partial charge in [-0.2, -0.15) is 0 Å². The maximum atomic E-state index is 12.1. The Labute approximate surface area is 124 Å². The van der Waals surface area contributed by atoms with E-state index in [4.69, 9.17) is 5.73 Å². The third-order valence-electron chi connectivity index (χ3n) is 3.34. The van der Waals surface area contributed by atoms with Crippen molar-refractivity contribution in [2.45, 2.75) is 26.3 Å². The van der Waals surface area contributed by atoms with Crippen LogP contribution in [0.4, 0.5) is 5.69 Å². The number of rotatable bonds is 4. The summed E-state index contributed by atoms with van der Waals surface area (Å²) in [6.07, 6.45) is 0.457. The molecule has 4 N–H and O–H groups in total. The molecule has 0 aliphatic carbocycles. The number of hydrogen-bond acceptors (Lipinski definition) is 3. The number of benzene rings is 2. The Hall–Kier alpha value is -2.33. The van der Waals surface area contributed by atoms with Crippen LogP contribution >= 0.6 is 0 Å². The molecule has 0 aromatic heterocycles. The van der Waals surface area contributed by atoms with E-state index in [9.17, 15) is 9.90 Å². The highest BCUT2D eigenvalue weighted by molar-refractivity contribution is 5.96. The van der Waals surface area contributed by atoms with Gasteiger partial charge in [0.25, 0.3) is 0 Å². The molecule has 0 fully saturated rings. The van der Waals surface area contributed by atoms with Crippen molar-refractivity contribution in [3.8, 4) is 5.75 Å². The molecule has 1 unspecified atom stereocenters. The Balaban J connectivity index is 2.08. The standard InChI is InChI=1S/C17H20N2O2/c1-11-8-12(2)16(20)15(9-11)19-17(21)14(18)10-13-6-4-3-5-7-13/h3-9,14,20H,10,18H2,1-2H3,(H,19,21). The molecule has 2 rings (SSSR count). The van der Waals surface area contributed by atoms with Crippen molar-refractivity contribution in [1.82, 2.24) is 0 Å². The quantitative estimate of drug-likeness (QED) is 0.755. The molecule has 0 heterocycles. The lowest BCUT2D eigenvalue weighted by Gasteiger charge is -2.14. The lowest BCUT2D eigenvalue weighted by atomic mass is 10.1. The highest BCUT2D eigenvalue weighted by Crippen LogP contribution is 2.28. The number of aryl methyl sites for hydroxylation is 2. The fourth-order valence-corrected chi connectivity index (χ4v) is 2.24. The molecule has 21 heavy (non-hydrogen) atoms. The fourth-order valence-electron chi connectivity index (χ4n) is 2.24. The molecule has 0 saturated heterocycles. The maximum absolute atomic E-state index is 12.1. The molecule has 2 aromatic carbocycles. The molecule has 0 saturated carbocycles. The zero-order valence-electron chi connectivity index (χ0n) is 12.3. The monoisotopic (exact) mass is 284 g/mol. The van der Waals surface area contributed by atoms with Gasteiger partial charge in [0.15, 0.2) is 0 Å². The average molecular weight is 284 g/mol. The van der Waals surface area contributed by atoms with Gasteiger partial charge in [-0.1, -0.05) is 36.4 Å². The van der Waals surface area contributed by atoms with Crippen LogP contribution in [0.3, 0.4) is 0 Å². The molecule has 0 bridgehead atoms. The number of anilines is 1. The van der Waals surface area contributed by atoms with Crippen LogP contribution in [-0.2, 0) is 11.2 Å². The second-order valence-electron chi connectivity index (χ2n) is 5.26. The molecule has 0 aliphatic heterocycles. The Bertz CT molecular complexity index is 639. The smallest absolute Gasteiger partial charge is 0.241 e. The van der Waals surface area contributed by atoms with Crippen molar-refractivity contribution in [1.29, 1.82) is 0 Å². The van der Waals surface area contributed by atoms with Crippen molar-refractivity contribution in [2.75, 3.05) is 5.32 Å². The highest BCUT2D eigenvalue weighted by Gasteiger charge is 2.16. The summed E-state index contributed by atoms with van der Waals surface area (Å²) in [6.45, 7) is 3.70. The largest absolute Gasteiger partial charge is 0.505 e. The van der Waals surface area contributed by atoms with E-state index in [0.717, 1.165) is 16.7 Å². The number of carbonyl (C=O) groups is 1. The average Bonchev–Trinajstić information content (AvgIpc) is 2.45. The van der Waals surface area contributed by atoms with E-state index in [1.807, 2.05) is 43.3 Å². The molecule has 2 aromatic rings. The van der Waals surface area contributed by atoms with Crippen LogP contribution in [-0.4, -0.2) is 17.1 Å². The molecule has 4 heteroatoms. The van der Waals surface area contributed by atoms with Crippen LogP contribution in [0.25, 0.3) is 0 Å². The van der Waals surface area contributed by atoms with Crippen LogP contribution in [0.2, 0.25) is 0 Å². The summed E-state index contributed by atoms with van der Waals surface area (Å²) in [5.41, 5.74) is 9.03. The highest BCUT2D eigenvalue weighted by atomic mass is 16.3. The summed E-state index contributed by atoms with van der Waals surface area (Å²) in [6, 6.07) is 12.5. The van der Waals surface area contributed by atoms with E-state index in [1.165, 1.54) is 0 Å². The van der Waals surface area contributed by atoms with Gasteiger partial charge in [0.2, 0.25) is 5.91 Å². The molecule has 0 spiro atoms.